The molecule has 1 N–H and O–H groups in total. The minimum absolute atomic E-state index is 0.0730. The molecular weight excluding hydrogens is 376 g/mol. The van der Waals surface area contributed by atoms with Crippen LogP contribution in [0.1, 0.15) is 24.5 Å². The van der Waals surface area contributed by atoms with Crippen LogP contribution in [0.15, 0.2) is 51.7 Å². The van der Waals surface area contributed by atoms with E-state index in [-0.39, 0.29) is 12.3 Å². The van der Waals surface area contributed by atoms with Crippen molar-refractivity contribution in [1.82, 2.24) is 0 Å². The first-order valence-corrected chi connectivity index (χ1v) is 9.12. The number of anilines is 1. The Morgan fingerprint density at radius 2 is 2.03 bits per heavy atom. The Hall–Kier alpha value is -3.68. The van der Waals surface area contributed by atoms with Gasteiger partial charge in [0.1, 0.15) is 11.3 Å². The number of amides is 1. The van der Waals surface area contributed by atoms with Crippen LogP contribution in [0.5, 0.6) is 5.75 Å². The standard InChI is InChI=1S/C21H20N2O6/c1-3-5-14-10-21(25)29-19-11-15(8-9-16(14)19)28-12-20(24)22-17-6-4-7-18(13(17)2)23(26)27/h4,6-11H,3,5,12H2,1-2H3,(H,22,24). The van der Waals surface area contributed by atoms with Gasteiger partial charge in [0.15, 0.2) is 6.61 Å². The van der Waals surface area contributed by atoms with Gasteiger partial charge in [0.2, 0.25) is 0 Å². The van der Waals surface area contributed by atoms with Crippen LogP contribution in [0.2, 0.25) is 0 Å². The maximum atomic E-state index is 12.2. The number of hydrogen-bond acceptors (Lipinski definition) is 6. The fraction of sp³-hybridized carbons (Fsp3) is 0.238. The van der Waals surface area contributed by atoms with E-state index in [1.165, 1.54) is 18.2 Å². The number of carbonyl (C=O) groups is 1. The van der Waals surface area contributed by atoms with E-state index in [1.54, 1.807) is 31.2 Å². The Bertz CT molecular complexity index is 1140. The second-order valence-electron chi connectivity index (χ2n) is 6.54. The van der Waals surface area contributed by atoms with Crippen LogP contribution >= 0.6 is 0 Å². The van der Waals surface area contributed by atoms with E-state index in [2.05, 4.69) is 5.32 Å². The molecule has 8 heteroatoms. The second kappa shape index (κ2) is 8.55. The van der Waals surface area contributed by atoms with Crippen molar-refractivity contribution in [1.29, 1.82) is 0 Å². The summed E-state index contributed by atoms with van der Waals surface area (Å²) >= 11 is 0. The topological polar surface area (TPSA) is 112 Å². The molecule has 0 radical (unpaired) electrons. The third-order valence-electron chi connectivity index (χ3n) is 4.47. The number of rotatable bonds is 7. The van der Waals surface area contributed by atoms with E-state index >= 15 is 0 Å². The monoisotopic (exact) mass is 396 g/mol. The third-order valence-corrected chi connectivity index (χ3v) is 4.47. The molecular formula is C21H20N2O6. The Kier molecular flexibility index (Phi) is 5.92. The summed E-state index contributed by atoms with van der Waals surface area (Å²) in [6.45, 7) is 3.29. The van der Waals surface area contributed by atoms with Crippen molar-refractivity contribution < 1.29 is 18.9 Å². The fourth-order valence-corrected chi connectivity index (χ4v) is 3.07. The van der Waals surface area contributed by atoms with Gasteiger partial charge in [-0.1, -0.05) is 19.4 Å². The van der Waals surface area contributed by atoms with Gasteiger partial charge < -0.3 is 14.5 Å². The van der Waals surface area contributed by atoms with Gasteiger partial charge in [-0.15, -0.1) is 0 Å². The van der Waals surface area contributed by atoms with E-state index < -0.39 is 16.5 Å². The first kappa shape index (κ1) is 20.1. The van der Waals surface area contributed by atoms with Crippen LogP contribution in [-0.2, 0) is 11.2 Å². The van der Waals surface area contributed by atoms with Crippen molar-refractivity contribution in [3.63, 3.8) is 0 Å². The van der Waals surface area contributed by atoms with E-state index in [9.17, 15) is 19.7 Å². The lowest BCUT2D eigenvalue weighted by atomic mass is 10.1. The highest BCUT2D eigenvalue weighted by Gasteiger charge is 2.15. The van der Waals surface area contributed by atoms with Gasteiger partial charge in [-0.25, -0.2) is 4.79 Å². The SMILES string of the molecule is CCCc1cc(=O)oc2cc(OCC(=O)Nc3cccc([N+](=O)[O-])c3C)ccc12. The van der Waals surface area contributed by atoms with Crippen LogP contribution in [0, 0.1) is 17.0 Å². The van der Waals surface area contributed by atoms with Crippen molar-refractivity contribution in [2.75, 3.05) is 11.9 Å². The molecule has 0 saturated heterocycles. The molecule has 3 aromatic rings. The Morgan fingerprint density at radius 1 is 1.24 bits per heavy atom. The van der Waals surface area contributed by atoms with Crippen LogP contribution in [0.4, 0.5) is 11.4 Å². The molecule has 0 atom stereocenters. The number of nitro benzene ring substituents is 1. The molecule has 0 fully saturated rings. The third kappa shape index (κ3) is 4.60. The molecule has 8 nitrogen and oxygen atoms in total. The first-order valence-electron chi connectivity index (χ1n) is 9.12. The molecule has 1 amide bonds. The van der Waals surface area contributed by atoms with E-state index in [0.29, 0.717) is 22.6 Å². The molecule has 0 aliphatic heterocycles. The number of hydrogen-bond donors (Lipinski definition) is 1. The van der Waals surface area contributed by atoms with Gasteiger partial charge in [0, 0.05) is 23.6 Å². The van der Waals surface area contributed by atoms with Crippen LogP contribution in [-0.4, -0.2) is 17.4 Å². The summed E-state index contributed by atoms with van der Waals surface area (Å²) in [5.41, 5.74) is 1.51. The van der Waals surface area contributed by atoms with Gasteiger partial charge >= 0.3 is 5.63 Å². The summed E-state index contributed by atoms with van der Waals surface area (Å²) in [6.07, 6.45) is 1.65. The van der Waals surface area contributed by atoms with Crippen molar-refractivity contribution >= 4 is 28.3 Å². The predicted octanol–water partition coefficient (Wildman–Crippen LogP) is 3.98. The molecule has 29 heavy (non-hydrogen) atoms. The summed E-state index contributed by atoms with van der Waals surface area (Å²) < 4.78 is 10.7. The summed E-state index contributed by atoms with van der Waals surface area (Å²) in [5, 5.41) is 14.4. The number of ether oxygens (including phenoxy) is 1. The van der Waals surface area contributed by atoms with Crippen LogP contribution in [0.3, 0.4) is 0 Å². The second-order valence-corrected chi connectivity index (χ2v) is 6.54. The van der Waals surface area contributed by atoms with Crippen LogP contribution in [0.25, 0.3) is 11.0 Å². The average Bonchev–Trinajstić information content (AvgIpc) is 2.67. The Balaban J connectivity index is 1.72. The molecule has 1 aromatic heterocycles. The molecule has 0 unspecified atom stereocenters. The van der Waals surface area contributed by atoms with Gasteiger partial charge in [0.25, 0.3) is 11.6 Å². The number of fused-ring (bicyclic) bond motifs is 1. The minimum atomic E-state index is -0.503. The molecule has 0 aliphatic rings. The highest BCUT2D eigenvalue weighted by molar-refractivity contribution is 5.93. The normalized spacial score (nSPS) is 10.7. The van der Waals surface area contributed by atoms with Crippen molar-refractivity contribution in [2.24, 2.45) is 0 Å². The van der Waals surface area contributed by atoms with Crippen molar-refractivity contribution in [3.05, 3.63) is 74.1 Å². The fourth-order valence-electron chi connectivity index (χ4n) is 3.07. The zero-order valence-corrected chi connectivity index (χ0v) is 16.1. The predicted molar refractivity (Wildman–Crippen MR) is 108 cm³/mol. The number of nitrogens with zero attached hydrogens (tertiary/aromatic N) is 1. The van der Waals surface area contributed by atoms with E-state index in [1.807, 2.05) is 6.92 Å². The van der Waals surface area contributed by atoms with Gasteiger partial charge in [-0.3, -0.25) is 14.9 Å². The lowest BCUT2D eigenvalue weighted by molar-refractivity contribution is -0.385. The molecule has 150 valence electrons. The number of carbonyl (C=O) groups excluding carboxylic acids is 1. The lowest BCUT2D eigenvalue weighted by Gasteiger charge is -2.10. The Labute approximate surface area is 166 Å². The van der Waals surface area contributed by atoms with Crippen molar-refractivity contribution in [2.45, 2.75) is 26.7 Å². The summed E-state index contributed by atoms with van der Waals surface area (Å²) in [6, 6.07) is 11.0. The molecule has 0 spiro atoms. The number of aryl methyl sites for hydroxylation is 1. The highest BCUT2D eigenvalue weighted by Crippen LogP contribution is 2.26. The maximum Gasteiger partial charge on any atom is 0.336 e. The largest absolute Gasteiger partial charge is 0.484 e. The Morgan fingerprint density at radius 3 is 2.76 bits per heavy atom. The van der Waals surface area contributed by atoms with E-state index in [4.69, 9.17) is 9.15 Å². The maximum absolute atomic E-state index is 12.2. The number of benzene rings is 2. The molecule has 1 heterocycles. The molecule has 3 rings (SSSR count). The number of nitrogens with one attached hydrogen (secondary N) is 1. The number of nitro groups is 1. The summed E-state index contributed by atoms with van der Waals surface area (Å²) in [4.78, 5) is 34.4. The van der Waals surface area contributed by atoms with Gasteiger partial charge in [0.05, 0.1) is 16.2 Å². The van der Waals surface area contributed by atoms with E-state index in [0.717, 1.165) is 23.8 Å². The molecule has 0 bridgehead atoms. The minimum Gasteiger partial charge on any atom is -0.484 e. The molecule has 2 aromatic carbocycles. The van der Waals surface area contributed by atoms with Gasteiger partial charge in [-0.2, -0.15) is 0 Å². The zero-order valence-electron chi connectivity index (χ0n) is 16.1. The average molecular weight is 396 g/mol. The summed E-state index contributed by atoms with van der Waals surface area (Å²) in [5.74, 6) is -0.0879. The zero-order chi connectivity index (χ0) is 21.0. The van der Waals surface area contributed by atoms with Crippen LogP contribution < -0.4 is 15.7 Å². The molecule has 0 saturated carbocycles. The quantitative estimate of drug-likeness (QED) is 0.367. The summed E-state index contributed by atoms with van der Waals surface area (Å²) in [7, 11) is 0. The highest BCUT2D eigenvalue weighted by atomic mass is 16.6. The van der Waals surface area contributed by atoms with Gasteiger partial charge in [-0.05, 0) is 37.1 Å². The van der Waals surface area contributed by atoms with Crippen molar-refractivity contribution in [3.8, 4) is 5.75 Å². The smallest absolute Gasteiger partial charge is 0.336 e. The first-order chi connectivity index (χ1) is 13.9. The molecule has 0 aliphatic carbocycles. The lowest BCUT2D eigenvalue weighted by Crippen LogP contribution is -2.20.